The summed E-state index contributed by atoms with van der Waals surface area (Å²) in [6, 6.07) is 9.20. The van der Waals surface area contributed by atoms with Gasteiger partial charge in [0, 0.05) is 13.1 Å². The molecule has 5 heteroatoms. The lowest BCUT2D eigenvalue weighted by atomic mass is 10.00. The van der Waals surface area contributed by atoms with Crippen molar-refractivity contribution in [2.45, 2.75) is 25.0 Å². The molecule has 0 aromatic heterocycles. The number of hydrogen-bond donors (Lipinski definition) is 3. The van der Waals surface area contributed by atoms with Crippen molar-refractivity contribution < 1.29 is 9.90 Å². The SMILES string of the molecule is NNC(=O)C(c1ccccc1)N1CCC(O)CC1. The van der Waals surface area contributed by atoms with E-state index in [0.717, 1.165) is 5.56 Å². The summed E-state index contributed by atoms with van der Waals surface area (Å²) in [6.45, 7) is 1.41. The molecule has 1 aliphatic rings. The van der Waals surface area contributed by atoms with Gasteiger partial charge in [-0.15, -0.1) is 0 Å². The minimum atomic E-state index is -0.372. The maximum absolute atomic E-state index is 12.0. The molecule has 5 nitrogen and oxygen atoms in total. The van der Waals surface area contributed by atoms with Crippen molar-refractivity contribution in [3.8, 4) is 0 Å². The molecule has 1 aliphatic heterocycles. The number of nitrogens with zero attached hydrogens (tertiary/aromatic N) is 1. The van der Waals surface area contributed by atoms with Crippen LogP contribution in [-0.4, -0.2) is 35.1 Å². The number of hydrogen-bond acceptors (Lipinski definition) is 4. The molecular formula is C13H19N3O2. The predicted octanol–water partition coefficient (Wildman–Crippen LogP) is 0.174. The Balaban J connectivity index is 2.18. The third kappa shape index (κ3) is 2.87. The summed E-state index contributed by atoms with van der Waals surface area (Å²) in [7, 11) is 0. The molecule has 2 rings (SSSR count). The Kier molecular flexibility index (Phi) is 4.30. The summed E-state index contributed by atoms with van der Waals surface area (Å²) in [4.78, 5) is 14.0. The van der Waals surface area contributed by atoms with Crippen LogP contribution in [0, 0.1) is 0 Å². The molecular weight excluding hydrogens is 230 g/mol. The van der Waals surface area contributed by atoms with Crippen LogP contribution in [0.15, 0.2) is 30.3 Å². The van der Waals surface area contributed by atoms with Crippen LogP contribution in [0.4, 0.5) is 0 Å². The number of carbonyl (C=O) groups excluding carboxylic acids is 1. The second-order valence-electron chi connectivity index (χ2n) is 4.59. The van der Waals surface area contributed by atoms with Crippen molar-refractivity contribution in [3.05, 3.63) is 35.9 Å². The quantitative estimate of drug-likeness (QED) is 0.405. The van der Waals surface area contributed by atoms with Gasteiger partial charge in [-0.05, 0) is 18.4 Å². The van der Waals surface area contributed by atoms with Gasteiger partial charge in [-0.3, -0.25) is 15.1 Å². The van der Waals surface area contributed by atoms with Crippen molar-refractivity contribution in [3.63, 3.8) is 0 Å². The number of amides is 1. The smallest absolute Gasteiger partial charge is 0.255 e. The molecule has 0 radical (unpaired) electrons. The van der Waals surface area contributed by atoms with Gasteiger partial charge in [-0.2, -0.15) is 0 Å². The third-order valence-corrected chi connectivity index (χ3v) is 3.37. The van der Waals surface area contributed by atoms with Crippen LogP contribution in [-0.2, 0) is 4.79 Å². The van der Waals surface area contributed by atoms with Gasteiger partial charge in [0.15, 0.2) is 0 Å². The fourth-order valence-electron chi connectivity index (χ4n) is 2.39. The molecule has 1 heterocycles. The van der Waals surface area contributed by atoms with Crippen molar-refractivity contribution in [2.75, 3.05) is 13.1 Å². The summed E-state index contributed by atoms with van der Waals surface area (Å²) in [6.07, 6.45) is 1.14. The Labute approximate surface area is 107 Å². The lowest BCUT2D eigenvalue weighted by molar-refractivity contribution is -0.127. The van der Waals surface area contributed by atoms with E-state index in [2.05, 4.69) is 10.3 Å². The molecule has 1 fully saturated rings. The maximum atomic E-state index is 12.0. The van der Waals surface area contributed by atoms with E-state index in [-0.39, 0.29) is 18.1 Å². The van der Waals surface area contributed by atoms with Crippen molar-refractivity contribution in [1.82, 2.24) is 10.3 Å². The largest absolute Gasteiger partial charge is 0.393 e. The molecule has 1 unspecified atom stereocenters. The van der Waals surface area contributed by atoms with Crippen molar-refractivity contribution >= 4 is 5.91 Å². The van der Waals surface area contributed by atoms with Crippen LogP contribution in [0.1, 0.15) is 24.4 Å². The molecule has 1 aromatic carbocycles. The second-order valence-corrected chi connectivity index (χ2v) is 4.59. The Morgan fingerprint density at radius 1 is 1.33 bits per heavy atom. The first-order valence-electron chi connectivity index (χ1n) is 6.20. The summed E-state index contributed by atoms with van der Waals surface area (Å²) in [5.41, 5.74) is 3.16. The van der Waals surface area contributed by atoms with E-state index in [1.54, 1.807) is 0 Å². The number of aliphatic hydroxyl groups excluding tert-OH is 1. The highest BCUT2D eigenvalue weighted by atomic mass is 16.3. The average Bonchev–Trinajstić information content (AvgIpc) is 2.42. The normalized spacial score (nSPS) is 19.4. The summed E-state index contributed by atoms with van der Waals surface area (Å²) >= 11 is 0. The number of nitrogens with one attached hydrogen (secondary N) is 1. The first-order valence-corrected chi connectivity index (χ1v) is 6.20. The van der Waals surface area contributed by atoms with E-state index >= 15 is 0 Å². The Bertz CT molecular complexity index is 388. The molecule has 0 aliphatic carbocycles. The number of piperidine rings is 1. The molecule has 0 bridgehead atoms. The zero-order chi connectivity index (χ0) is 13.0. The Morgan fingerprint density at radius 2 is 1.94 bits per heavy atom. The number of rotatable bonds is 3. The minimum Gasteiger partial charge on any atom is -0.393 e. The highest BCUT2D eigenvalue weighted by molar-refractivity contribution is 5.82. The fourth-order valence-corrected chi connectivity index (χ4v) is 2.39. The standard InChI is InChI=1S/C13H19N3O2/c14-15-13(18)12(10-4-2-1-3-5-10)16-8-6-11(17)7-9-16/h1-5,11-12,17H,6-9,14H2,(H,15,18). The number of carbonyl (C=O) groups is 1. The van der Waals surface area contributed by atoms with Crippen LogP contribution >= 0.6 is 0 Å². The molecule has 1 atom stereocenters. The first kappa shape index (κ1) is 13.0. The molecule has 1 saturated heterocycles. The molecule has 1 amide bonds. The van der Waals surface area contributed by atoms with Gasteiger partial charge in [0.25, 0.3) is 5.91 Å². The van der Waals surface area contributed by atoms with Crippen LogP contribution in [0.5, 0.6) is 0 Å². The topological polar surface area (TPSA) is 78.6 Å². The molecule has 1 aromatic rings. The van der Waals surface area contributed by atoms with Crippen LogP contribution in [0.3, 0.4) is 0 Å². The van der Waals surface area contributed by atoms with E-state index < -0.39 is 0 Å². The van der Waals surface area contributed by atoms with E-state index in [0.29, 0.717) is 25.9 Å². The van der Waals surface area contributed by atoms with E-state index in [4.69, 9.17) is 5.84 Å². The predicted molar refractivity (Wildman–Crippen MR) is 68.3 cm³/mol. The molecule has 0 saturated carbocycles. The first-order chi connectivity index (χ1) is 8.72. The highest BCUT2D eigenvalue weighted by Gasteiger charge is 2.29. The van der Waals surface area contributed by atoms with Gasteiger partial charge in [-0.1, -0.05) is 30.3 Å². The zero-order valence-corrected chi connectivity index (χ0v) is 10.2. The van der Waals surface area contributed by atoms with Gasteiger partial charge in [0.2, 0.25) is 0 Å². The van der Waals surface area contributed by atoms with E-state index in [1.807, 2.05) is 30.3 Å². The zero-order valence-electron chi connectivity index (χ0n) is 10.2. The fraction of sp³-hybridized carbons (Fsp3) is 0.462. The van der Waals surface area contributed by atoms with Crippen LogP contribution in [0.25, 0.3) is 0 Å². The Morgan fingerprint density at radius 3 is 2.50 bits per heavy atom. The maximum Gasteiger partial charge on any atom is 0.255 e. The van der Waals surface area contributed by atoms with Gasteiger partial charge >= 0.3 is 0 Å². The van der Waals surface area contributed by atoms with Crippen molar-refractivity contribution in [2.24, 2.45) is 5.84 Å². The van der Waals surface area contributed by atoms with E-state index in [1.165, 1.54) is 0 Å². The molecule has 98 valence electrons. The lowest BCUT2D eigenvalue weighted by Gasteiger charge is -2.35. The highest BCUT2D eigenvalue weighted by Crippen LogP contribution is 2.24. The second kappa shape index (κ2) is 5.95. The van der Waals surface area contributed by atoms with E-state index in [9.17, 15) is 9.90 Å². The Hall–Kier alpha value is -1.43. The molecule has 0 spiro atoms. The number of benzene rings is 1. The molecule has 4 N–H and O–H groups in total. The van der Waals surface area contributed by atoms with Gasteiger partial charge in [0.05, 0.1) is 6.10 Å². The van der Waals surface area contributed by atoms with Gasteiger partial charge in [-0.25, -0.2) is 5.84 Å². The number of likely N-dealkylation sites (tertiary alicyclic amines) is 1. The van der Waals surface area contributed by atoms with Crippen LogP contribution in [0.2, 0.25) is 0 Å². The summed E-state index contributed by atoms with van der Waals surface area (Å²) < 4.78 is 0. The average molecular weight is 249 g/mol. The summed E-state index contributed by atoms with van der Waals surface area (Å²) in [5, 5.41) is 9.52. The monoisotopic (exact) mass is 249 g/mol. The number of nitrogens with two attached hydrogens (primary N) is 1. The number of aliphatic hydroxyl groups is 1. The lowest BCUT2D eigenvalue weighted by Crippen LogP contribution is -2.46. The third-order valence-electron chi connectivity index (χ3n) is 3.37. The number of hydrazine groups is 1. The van der Waals surface area contributed by atoms with Gasteiger partial charge < -0.3 is 5.11 Å². The van der Waals surface area contributed by atoms with Gasteiger partial charge in [0.1, 0.15) is 6.04 Å². The molecule has 18 heavy (non-hydrogen) atoms. The van der Waals surface area contributed by atoms with Crippen molar-refractivity contribution in [1.29, 1.82) is 0 Å². The summed E-state index contributed by atoms with van der Waals surface area (Å²) in [5.74, 6) is 5.06. The van der Waals surface area contributed by atoms with Crippen LogP contribution < -0.4 is 11.3 Å². The minimum absolute atomic E-state index is 0.211.